The fourth-order valence-corrected chi connectivity index (χ4v) is 5.87. The highest BCUT2D eigenvalue weighted by Crippen LogP contribution is 2.46. The van der Waals surface area contributed by atoms with E-state index in [0.717, 1.165) is 5.56 Å². The van der Waals surface area contributed by atoms with Gasteiger partial charge in [0.05, 0.1) is 12.7 Å². The summed E-state index contributed by atoms with van der Waals surface area (Å²) < 4.78 is 42.9. The van der Waals surface area contributed by atoms with Crippen LogP contribution in [0.2, 0.25) is 0 Å². The first-order chi connectivity index (χ1) is 20.5. The van der Waals surface area contributed by atoms with Crippen molar-refractivity contribution >= 4 is 19.7 Å². The van der Waals surface area contributed by atoms with Crippen molar-refractivity contribution in [3.05, 3.63) is 99.3 Å². The SMILES string of the molecule is C[C@H](NP(=O)(OCC1C[C@H](C)C(n2ccc(=O)[nH]c2=O)O1)Oc1ccccc1)C(=O)O[C@@H](C)C(=O)OCc1ccccc1. The molecule has 1 fully saturated rings. The van der Waals surface area contributed by atoms with Crippen LogP contribution in [0.5, 0.6) is 5.75 Å². The van der Waals surface area contributed by atoms with Crippen LogP contribution in [0.15, 0.2) is 82.5 Å². The van der Waals surface area contributed by atoms with Crippen LogP contribution < -0.4 is 20.9 Å². The normalized spacial score (nSPS) is 20.9. The van der Waals surface area contributed by atoms with Gasteiger partial charge >= 0.3 is 25.4 Å². The van der Waals surface area contributed by atoms with Gasteiger partial charge in [0.1, 0.15) is 24.6 Å². The van der Waals surface area contributed by atoms with Crippen molar-refractivity contribution in [3.8, 4) is 5.75 Å². The third kappa shape index (κ3) is 8.98. The van der Waals surface area contributed by atoms with Crippen LogP contribution in [0.25, 0.3) is 0 Å². The molecule has 43 heavy (non-hydrogen) atoms. The molecule has 0 radical (unpaired) electrons. The van der Waals surface area contributed by atoms with E-state index in [1.165, 1.54) is 30.7 Å². The lowest BCUT2D eigenvalue weighted by molar-refractivity contribution is -0.168. The molecule has 14 heteroatoms. The van der Waals surface area contributed by atoms with Crippen molar-refractivity contribution in [1.29, 1.82) is 0 Å². The summed E-state index contributed by atoms with van der Waals surface area (Å²) in [5.41, 5.74) is -0.363. The Morgan fingerprint density at radius 3 is 2.40 bits per heavy atom. The molecule has 2 aromatic carbocycles. The molecule has 0 aliphatic carbocycles. The number of hydrogen-bond donors (Lipinski definition) is 2. The largest absolute Gasteiger partial charge is 0.459 e. The van der Waals surface area contributed by atoms with Gasteiger partial charge in [0.25, 0.3) is 5.56 Å². The molecule has 3 unspecified atom stereocenters. The Morgan fingerprint density at radius 2 is 1.72 bits per heavy atom. The second-order valence-electron chi connectivity index (χ2n) is 10.1. The van der Waals surface area contributed by atoms with E-state index in [1.54, 1.807) is 42.5 Å². The lowest BCUT2D eigenvalue weighted by Gasteiger charge is -2.24. The van der Waals surface area contributed by atoms with Gasteiger partial charge < -0.3 is 18.7 Å². The molecular formula is C29H34N3O10P. The first-order valence-electron chi connectivity index (χ1n) is 13.7. The fourth-order valence-electron chi connectivity index (χ4n) is 4.34. The number of para-hydroxylation sites is 1. The van der Waals surface area contributed by atoms with Gasteiger partial charge in [0, 0.05) is 18.2 Å². The number of nitrogens with zero attached hydrogens (tertiary/aromatic N) is 1. The predicted molar refractivity (Wildman–Crippen MR) is 154 cm³/mol. The maximum atomic E-state index is 13.9. The summed E-state index contributed by atoms with van der Waals surface area (Å²) in [4.78, 5) is 51.1. The molecule has 1 aliphatic rings. The minimum absolute atomic E-state index is 0.0167. The third-order valence-electron chi connectivity index (χ3n) is 6.53. The molecule has 1 aliphatic heterocycles. The first-order valence-corrected chi connectivity index (χ1v) is 15.2. The van der Waals surface area contributed by atoms with Crippen LogP contribution in [0.3, 0.4) is 0 Å². The summed E-state index contributed by atoms with van der Waals surface area (Å²) in [5, 5.41) is 2.57. The van der Waals surface area contributed by atoms with E-state index in [-0.39, 0.29) is 24.9 Å². The second-order valence-corrected chi connectivity index (χ2v) is 11.8. The Labute approximate surface area is 247 Å². The molecule has 1 saturated heterocycles. The average molecular weight is 616 g/mol. The Morgan fingerprint density at radius 1 is 1.05 bits per heavy atom. The van der Waals surface area contributed by atoms with Gasteiger partial charge in [0.15, 0.2) is 6.10 Å². The summed E-state index contributed by atoms with van der Waals surface area (Å²) in [6, 6.07) is 17.3. The Bertz CT molecular complexity index is 1550. The van der Waals surface area contributed by atoms with Crippen molar-refractivity contribution in [2.45, 2.75) is 58.3 Å². The lowest BCUT2D eigenvalue weighted by atomic mass is 10.1. The van der Waals surface area contributed by atoms with Crippen LogP contribution in [-0.4, -0.2) is 46.3 Å². The molecule has 0 saturated carbocycles. The number of nitrogens with one attached hydrogen (secondary N) is 2. The molecule has 0 amide bonds. The van der Waals surface area contributed by atoms with E-state index in [2.05, 4.69) is 10.1 Å². The molecule has 6 atom stereocenters. The maximum absolute atomic E-state index is 13.9. The molecule has 4 rings (SSSR count). The number of rotatable bonds is 13. The Balaban J connectivity index is 1.37. The van der Waals surface area contributed by atoms with Gasteiger partial charge in [-0.05, 0) is 38.0 Å². The van der Waals surface area contributed by atoms with Crippen molar-refractivity contribution in [1.82, 2.24) is 14.6 Å². The molecule has 0 spiro atoms. The highest BCUT2D eigenvalue weighted by Gasteiger charge is 2.38. The topological polar surface area (TPSA) is 164 Å². The summed E-state index contributed by atoms with van der Waals surface area (Å²) in [6.45, 7) is 4.44. The lowest BCUT2D eigenvalue weighted by Crippen LogP contribution is -2.38. The van der Waals surface area contributed by atoms with Crippen LogP contribution in [0, 0.1) is 5.92 Å². The Kier molecular flexibility index (Phi) is 10.7. The van der Waals surface area contributed by atoms with Crippen molar-refractivity contribution in [2.24, 2.45) is 5.92 Å². The van der Waals surface area contributed by atoms with E-state index >= 15 is 0 Å². The Hall–Kier alpha value is -4.03. The smallest absolute Gasteiger partial charge is 0.458 e. The van der Waals surface area contributed by atoms with Crippen molar-refractivity contribution < 1.29 is 37.4 Å². The van der Waals surface area contributed by atoms with E-state index in [1.807, 2.05) is 25.1 Å². The zero-order valence-electron chi connectivity index (χ0n) is 23.9. The fraction of sp³-hybridized carbons (Fsp3) is 0.379. The minimum Gasteiger partial charge on any atom is -0.458 e. The second kappa shape index (κ2) is 14.4. The zero-order chi connectivity index (χ0) is 31.0. The van der Waals surface area contributed by atoms with Gasteiger partial charge in [-0.25, -0.2) is 14.2 Å². The monoisotopic (exact) mass is 615 g/mol. The number of esters is 2. The summed E-state index contributed by atoms with van der Waals surface area (Å²) in [7, 11) is -4.21. The first kappa shape index (κ1) is 31.9. The number of carbonyl (C=O) groups is 2. The zero-order valence-corrected chi connectivity index (χ0v) is 24.8. The van der Waals surface area contributed by atoms with E-state index < -0.39 is 55.4 Å². The van der Waals surface area contributed by atoms with E-state index in [0.29, 0.717) is 6.42 Å². The molecule has 13 nitrogen and oxygen atoms in total. The van der Waals surface area contributed by atoms with Crippen molar-refractivity contribution in [3.63, 3.8) is 0 Å². The standard InChI is InChI=1S/C29H34N3O10P/c1-19-16-24(41-26(19)32-15-14-25(33)30-29(32)36)18-39-43(37,42-23-12-8-5-9-13-23)31-20(2)27(34)40-21(3)28(35)38-17-22-10-6-4-7-11-22/h4-15,19-21,24,26H,16-18H2,1-3H3,(H,31,37)(H,30,33,36)/t19-,20-,21-,24?,26?,43?/m0/s1. The van der Waals surface area contributed by atoms with Crippen LogP contribution in [0.1, 0.15) is 39.0 Å². The minimum atomic E-state index is -4.21. The van der Waals surface area contributed by atoms with Gasteiger partial charge in [-0.1, -0.05) is 55.5 Å². The van der Waals surface area contributed by atoms with E-state index in [9.17, 15) is 23.7 Å². The number of aromatic nitrogens is 2. The van der Waals surface area contributed by atoms with Crippen LogP contribution in [0.4, 0.5) is 0 Å². The van der Waals surface area contributed by atoms with Gasteiger partial charge in [0.2, 0.25) is 0 Å². The highest BCUT2D eigenvalue weighted by atomic mass is 31.2. The van der Waals surface area contributed by atoms with Gasteiger partial charge in [-0.15, -0.1) is 0 Å². The van der Waals surface area contributed by atoms with Crippen LogP contribution in [-0.2, 0) is 39.5 Å². The number of aromatic amines is 1. The number of H-pyrrole nitrogens is 1. The van der Waals surface area contributed by atoms with E-state index in [4.69, 9.17) is 23.3 Å². The molecule has 230 valence electrons. The predicted octanol–water partition coefficient (Wildman–Crippen LogP) is 3.32. The number of ether oxygens (including phenoxy) is 3. The van der Waals surface area contributed by atoms with Crippen molar-refractivity contribution in [2.75, 3.05) is 6.61 Å². The highest BCUT2D eigenvalue weighted by molar-refractivity contribution is 7.52. The molecule has 2 heterocycles. The average Bonchev–Trinajstić information content (AvgIpc) is 3.35. The summed E-state index contributed by atoms with van der Waals surface area (Å²) in [6.07, 6.45) is -0.700. The molecule has 1 aromatic heterocycles. The molecule has 0 bridgehead atoms. The van der Waals surface area contributed by atoms with Gasteiger partial charge in [-0.3, -0.25) is 23.7 Å². The summed E-state index contributed by atoms with van der Waals surface area (Å²) >= 11 is 0. The van der Waals surface area contributed by atoms with Gasteiger partial charge in [-0.2, -0.15) is 5.09 Å². The number of benzene rings is 2. The quantitative estimate of drug-likeness (QED) is 0.214. The maximum Gasteiger partial charge on any atom is 0.459 e. The summed E-state index contributed by atoms with van der Waals surface area (Å²) in [5.74, 6) is -1.55. The third-order valence-corrected chi connectivity index (χ3v) is 8.18. The molecule has 2 N–H and O–H groups in total. The molecule has 3 aromatic rings. The number of carbonyl (C=O) groups excluding carboxylic acids is 2. The van der Waals surface area contributed by atoms with Crippen LogP contribution >= 0.6 is 7.75 Å². The molecular weight excluding hydrogens is 581 g/mol. The number of hydrogen-bond acceptors (Lipinski definition) is 10.